The Morgan fingerprint density at radius 1 is 1.12 bits per heavy atom. The van der Waals surface area contributed by atoms with E-state index in [9.17, 15) is 24.5 Å². The number of urea groups is 1. The van der Waals surface area contributed by atoms with Crippen LogP contribution < -0.4 is 20.1 Å². The fraction of sp³-hybridized carbons (Fsp3) is 0.194. The van der Waals surface area contributed by atoms with Crippen LogP contribution in [0.5, 0.6) is 11.5 Å². The van der Waals surface area contributed by atoms with E-state index in [2.05, 4.69) is 17.2 Å². The minimum absolute atomic E-state index is 0.00917. The third-order valence-corrected chi connectivity index (χ3v) is 6.23. The van der Waals surface area contributed by atoms with Crippen molar-refractivity contribution >= 4 is 35.3 Å². The van der Waals surface area contributed by atoms with Crippen LogP contribution in [0.25, 0.3) is 6.08 Å². The number of ether oxygens (including phenoxy) is 2. The summed E-state index contributed by atoms with van der Waals surface area (Å²) in [5.41, 5.74) is 3.52. The maximum absolute atomic E-state index is 13.1. The molecule has 0 atom stereocenters. The van der Waals surface area contributed by atoms with Crippen LogP contribution in [-0.4, -0.2) is 40.8 Å². The van der Waals surface area contributed by atoms with Gasteiger partial charge in [-0.15, -0.1) is 6.58 Å². The molecule has 216 valence electrons. The van der Waals surface area contributed by atoms with Crippen molar-refractivity contribution in [2.75, 3.05) is 18.5 Å². The molecule has 42 heavy (non-hydrogen) atoms. The van der Waals surface area contributed by atoms with Crippen LogP contribution in [0.15, 0.2) is 79.0 Å². The van der Waals surface area contributed by atoms with Crippen molar-refractivity contribution in [1.29, 1.82) is 0 Å². The highest BCUT2D eigenvalue weighted by Gasteiger charge is 2.35. The van der Waals surface area contributed by atoms with Crippen molar-refractivity contribution < 1.29 is 28.8 Å². The quantitative estimate of drug-likeness (QED) is 0.101. The molecule has 0 aliphatic carbocycles. The Morgan fingerprint density at radius 3 is 2.55 bits per heavy atom. The lowest BCUT2D eigenvalue weighted by Gasteiger charge is -2.17. The fourth-order valence-electron chi connectivity index (χ4n) is 4.32. The van der Waals surface area contributed by atoms with Gasteiger partial charge in [0.2, 0.25) is 5.91 Å². The molecule has 4 rings (SSSR count). The SMILES string of the molecule is C=CCc1cc(C=C2NC(=O)N(CC(=O)Nc3cccc(C)c3)C2=O)cc(OCC)c1OCc1ccc([N+](=O)[O-])cc1. The molecule has 1 heterocycles. The van der Waals surface area contributed by atoms with E-state index in [0.29, 0.717) is 35.8 Å². The number of nitrogens with one attached hydrogen (secondary N) is 2. The molecular weight excluding hydrogens is 540 g/mol. The smallest absolute Gasteiger partial charge is 0.329 e. The molecule has 0 unspecified atom stereocenters. The summed E-state index contributed by atoms with van der Waals surface area (Å²) < 4.78 is 11.9. The zero-order chi connectivity index (χ0) is 30.2. The first-order valence-electron chi connectivity index (χ1n) is 13.2. The predicted octanol–water partition coefficient (Wildman–Crippen LogP) is 5.14. The Balaban J connectivity index is 1.54. The number of aryl methyl sites for hydroxylation is 1. The van der Waals surface area contributed by atoms with Gasteiger partial charge < -0.3 is 20.1 Å². The van der Waals surface area contributed by atoms with E-state index in [-0.39, 0.29) is 18.0 Å². The molecule has 0 bridgehead atoms. The summed E-state index contributed by atoms with van der Waals surface area (Å²) in [7, 11) is 0. The van der Waals surface area contributed by atoms with E-state index in [1.54, 1.807) is 48.5 Å². The van der Waals surface area contributed by atoms with Crippen molar-refractivity contribution in [2.24, 2.45) is 0 Å². The number of nitrogens with zero attached hydrogens (tertiary/aromatic N) is 2. The van der Waals surface area contributed by atoms with Crippen molar-refractivity contribution in [3.8, 4) is 11.5 Å². The van der Waals surface area contributed by atoms with Crippen molar-refractivity contribution in [1.82, 2.24) is 10.2 Å². The second kappa shape index (κ2) is 13.3. The molecule has 3 aromatic rings. The van der Waals surface area contributed by atoms with Crippen LogP contribution in [0.2, 0.25) is 0 Å². The third-order valence-electron chi connectivity index (χ3n) is 6.23. The summed E-state index contributed by atoms with van der Waals surface area (Å²) >= 11 is 0. The van der Waals surface area contributed by atoms with Crippen LogP contribution >= 0.6 is 0 Å². The van der Waals surface area contributed by atoms with Gasteiger partial charge in [0.15, 0.2) is 11.5 Å². The zero-order valence-corrected chi connectivity index (χ0v) is 23.2. The average molecular weight is 571 g/mol. The van der Waals surface area contributed by atoms with Gasteiger partial charge in [0.1, 0.15) is 18.8 Å². The largest absolute Gasteiger partial charge is 0.490 e. The molecule has 1 aliphatic heterocycles. The van der Waals surface area contributed by atoms with Crippen LogP contribution in [0.4, 0.5) is 16.2 Å². The summed E-state index contributed by atoms with van der Waals surface area (Å²) in [5, 5.41) is 16.2. The summed E-state index contributed by atoms with van der Waals surface area (Å²) in [6.07, 6.45) is 3.62. The molecule has 4 amide bonds. The topological polar surface area (TPSA) is 140 Å². The Labute approximate surface area is 242 Å². The van der Waals surface area contributed by atoms with Crippen LogP contribution in [-0.2, 0) is 22.6 Å². The summed E-state index contributed by atoms with van der Waals surface area (Å²) in [6.45, 7) is 7.54. The highest BCUT2D eigenvalue weighted by Crippen LogP contribution is 2.35. The van der Waals surface area contributed by atoms with Crippen LogP contribution in [0, 0.1) is 17.0 Å². The maximum atomic E-state index is 13.1. The minimum atomic E-state index is -0.704. The van der Waals surface area contributed by atoms with Gasteiger partial charge in [-0.2, -0.15) is 0 Å². The molecule has 1 saturated heterocycles. The first kappa shape index (κ1) is 29.5. The van der Waals surface area contributed by atoms with E-state index >= 15 is 0 Å². The number of amides is 4. The van der Waals surface area contributed by atoms with Gasteiger partial charge >= 0.3 is 6.03 Å². The standard InChI is InChI=1S/C31H30N4O7/c1-4-7-23-15-22(17-27(41-5-2)29(23)42-19-21-10-12-25(13-11-21)35(39)40)16-26-30(37)34(31(38)33-26)18-28(36)32-24-9-6-8-20(3)14-24/h4,6,8-17H,1,5,7,18-19H2,2-3H3,(H,32,36)(H,33,38). The molecule has 1 fully saturated rings. The molecule has 11 heteroatoms. The number of carbonyl (C=O) groups excluding carboxylic acids is 3. The highest BCUT2D eigenvalue weighted by molar-refractivity contribution is 6.16. The van der Waals surface area contributed by atoms with Gasteiger partial charge in [-0.05, 0) is 79.4 Å². The van der Waals surface area contributed by atoms with E-state index < -0.39 is 29.3 Å². The van der Waals surface area contributed by atoms with E-state index in [1.165, 1.54) is 18.2 Å². The molecule has 0 spiro atoms. The Kier molecular flexibility index (Phi) is 9.33. The lowest BCUT2D eigenvalue weighted by molar-refractivity contribution is -0.384. The van der Waals surface area contributed by atoms with Gasteiger partial charge in [0.25, 0.3) is 11.6 Å². The summed E-state index contributed by atoms with van der Waals surface area (Å²) in [5.74, 6) is -0.266. The zero-order valence-electron chi connectivity index (χ0n) is 23.2. The Bertz CT molecular complexity index is 1560. The number of nitro benzene ring substituents is 1. The minimum Gasteiger partial charge on any atom is -0.490 e. The summed E-state index contributed by atoms with van der Waals surface area (Å²) in [4.78, 5) is 49.5. The number of hydrogen-bond donors (Lipinski definition) is 2. The second-order valence-electron chi connectivity index (χ2n) is 9.44. The molecule has 3 aromatic carbocycles. The lowest BCUT2D eigenvalue weighted by Crippen LogP contribution is -2.38. The molecule has 0 aromatic heterocycles. The van der Waals surface area contributed by atoms with Crippen LogP contribution in [0.3, 0.4) is 0 Å². The normalized spacial score (nSPS) is 13.6. The number of non-ortho nitro benzene ring substituents is 1. The van der Waals surface area contributed by atoms with Gasteiger partial charge in [0.05, 0.1) is 11.5 Å². The first-order valence-corrected chi connectivity index (χ1v) is 13.2. The molecule has 0 radical (unpaired) electrons. The monoisotopic (exact) mass is 570 g/mol. The first-order chi connectivity index (χ1) is 20.2. The fourth-order valence-corrected chi connectivity index (χ4v) is 4.32. The molecule has 2 N–H and O–H groups in total. The van der Waals surface area contributed by atoms with Gasteiger partial charge in [0, 0.05) is 23.4 Å². The molecule has 11 nitrogen and oxygen atoms in total. The average Bonchev–Trinajstić information content (AvgIpc) is 3.20. The number of rotatable bonds is 12. The molecular formula is C31H30N4O7. The van der Waals surface area contributed by atoms with Gasteiger partial charge in [-0.3, -0.25) is 19.7 Å². The van der Waals surface area contributed by atoms with Gasteiger partial charge in [-0.25, -0.2) is 9.69 Å². The highest BCUT2D eigenvalue weighted by atomic mass is 16.6. The third kappa shape index (κ3) is 7.19. The van der Waals surface area contributed by atoms with E-state index in [4.69, 9.17) is 9.47 Å². The van der Waals surface area contributed by atoms with Gasteiger partial charge in [-0.1, -0.05) is 18.2 Å². The number of allylic oxidation sites excluding steroid dienone is 1. The van der Waals surface area contributed by atoms with E-state index in [1.807, 2.05) is 19.9 Å². The lowest BCUT2D eigenvalue weighted by atomic mass is 10.0. The number of benzene rings is 3. The Morgan fingerprint density at radius 2 is 1.88 bits per heavy atom. The second-order valence-corrected chi connectivity index (χ2v) is 9.44. The van der Waals surface area contributed by atoms with Crippen molar-refractivity contribution in [3.05, 3.63) is 111 Å². The van der Waals surface area contributed by atoms with Crippen LogP contribution in [0.1, 0.15) is 29.2 Å². The predicted molar refractivity (Wildman–Crippen MR) is 157 cm³/mol. The number of nitro groups is 1. The Hall–Kier alpha value is -5.45. The van der Waals surface area contributed by atoms with Crippen molar-refractivity contribution in [2.45, 2.75) is 26.9 Å². The number of carbonyl (C=O) groups is 3. The maximum Gasteiger partial charge on any atom is 0.329 e. The number of hydrogen-bond acceptors (Lipinski definition) is 7. The number of imide groups is 1. The molecule has 1 aliphatic rings. The summed E-state index contributed by atoms with van der Waals surface area (Å²) in [6, 6.07) is 16.0. The number of anilines is 1. The van der Waals surface area contributed by atoms with Crippen molar-refractivity contribution in [3.63, 3.8) is 0 Å². The molecule has 0 saturated carbocycles. The van der Waals surface area contributed by atoms with E-state index in [0.717, 1.165) is 21.6 Å².